The van der Waals surface area contributed by atoms with Crippen LogP contribution in [0.3, 0.4) is 0 Å². The Balaban J connectivity index is 1.08. The van der Waals surface area contributed by atoms with E-state index in [1.165, 1.54) is 5.39 Å². The highest BCUT2D eigenvalue weighted by molar-refractivity contribution is 6.13. The van der Waals surface area contributed by atoms with Crippen molar-refractivity contribution in [2.24, 2.45) is 0 Å². The minimum Gasteiger partial charge on any atom is -0.455 e. The third kappa shape index (κ3) is 5.37. The zero-order chi connectivity index (χ0) is 37.0. The molecular formula is C51H32N4O. The number of furan rings is 1. The van der Waals surface area contributed by atoms with Crippen molar-refractivity contribution in [2.75, 3.05) is 0 Å². The molecule has 56 heavy (non-hydrogen) atoms. The maximum Gasteiger partial charge on any atom is 0.164 e. The van der Waals surface area contributed by atoms with Crippen LogP contribution in [0.25, 0.3) is 106 Å². The van der Waals surface area contributed by atoms with Gasteiger partial charge in [0.15, 0.2) is 17.5 Å². The van der Waals surface area contributed by atoms with Crippen LogP contribution in [0.2, 0.25) is 0 Å². The van der Waals surface area contributed by atoms with Crippen LogP contribution in [0.15, 0.2) is 199 Å². The number of aromatic nitrogens is 4. The van der Waals surface area contributed by atoms with Crippen LogP contribution >= 0.6 is 0 Å². The van der Waals surface area contributed by atoms with Gasteiger partial charge >= 0.3 is 0 Å². The second-order valence-electron chi connectivity index (χ2n) is 14.0. The molecule has 0 fully saturated rings. The molecule has 0 bridgehead atoms. The summed E-state index contributed by atoms with van der Waals surface area (Å²) in [6.45, 7) is 0. The molecule has 8 aromatic carbocycles. The molecule has 262 valence electrons. The van der Waals surface area contributed by atoms with Crippen molar-refractivity contribution < 1.29 is 4.42 Å². The summed E-state index contributed by atoms with van der Waals surface area (Å²) in [5, 5.41) is 4.54. The lowest BCUT2D eigenvalue weighted by Crippen LogP contribution is -2.00. The lowest BCUT2D eigenvalue weighted by molar-refractivity contribution is 0.670. The average Bonchev–Trinajstić information content (AvgIpc) is 3.82. The molecule has 5 heteroatoms. The average molecular weight is 717 g/mol. The minimum atomic E-state index is 0.626. The van der Waals surface area contributed by atoms with Crippen LogP contribution in [-0.4, -0.2) is 19.5 Å². The monoisotopic (exact) mass is 716 g/mol. The summed E-state index contributed by atoms with van der Waals surface area (Å²) in [5.41, 5.74) is 12.4. The molecule has 0 aliphatic rings. The lowest BCUT2D eigenvalue weighted by atomic mass is 9.99. The molecule has 0 aliphatic heterocycles. The van der Waals surface area contributed by atoms with Crippen LogP contribution in [0.4, 0.5) is 0 Å². The summed E-state index contributed by atoms with van der Waals surface area (Å²) in [7, 11) is 0. The first kappa shape index (κ1) is 31.9. The van der Waals surface area contributed by atoms with E-state index in [0.29, 0.717) is 17.5 Å². The summed E-state index contributed by atoms with van der Waals surface area (Å²) >= 11 is 0. The Bertz CT molecular complexity index is 3170. The first-order valence-corrected chi connectivity index (χ1v) is 18.8. The Morgan fingerprint density at radius 2 is 0.893 bits per heavy atom. The fraction of sp³-hybridized carbons (Fsp3) is 0. The first-order valence-electron chi connectivity index (χ1n) is 18.8. The molecule has 5 nitrogen and oxygen atoms in total. The van der Waals surface area contributed by atoms with E-state index in [-0.39, 0.29) is 0 Å². The second kappa shape index (κ2) is 13.0. The van der Waals surface area contributed by atoms with Gasteiger partial charge in [-0.25, -0.2) is 15.0 Å². The van der Waals surface area contributed by atoms with E-state index in [4.69, 9.17) is 19.4 Å². The standard InChI is InChI=1S/C51H32N4O/c1-5-14-33(15-6-1)40-22-13-23-42-44-31-37(26-29-47(44)56-48(40)42)36-25-28-45-43(30-36)41-27-24-38(32-46(41)55(45)39-20-11-4-12-21-39)51-53-49(34-16-7-2-8-17-34)52-50(54-51)35-18-9-3-10-19-35/h1-32H. The third-order valence-electron chi connectivity index (χ3n) is 10.7. The first-order chi connectivity index (χ1) is 27.7. The van der Waals surface area contributed by atoms with Crippen molar-refractivity contribution >= 4 is 43.7 Å². The summed E-state index contributed by atoms with van der Waals surface area (Å²) < 4.78 is 8.84. The normalized spacial score (nSPS) is 11.6. The van der Waals surface area contributed by atoms with Gasteiger partial charge in [-0.05, 0) is 59.2 Å². The topological polar surface area (TPSA) is 56.7 Å². The molecule has 0 saturated carbocycles. The van der Waals surface area contributed by atoms with Crippen LogP contribution in [0.1, 0.15) is 0 Å². The SMILES string of the molecule is c1ccc(-c2nc(-c3ccccc3)nc(-c3ccc4c5cc(-c6ccc7oc8c(-c9ccccc9)cccc8c7c6)ccc5n(-c5ccccc5)c4c3)n2)cc1. The fourth-order valence-electron chi connectivity index (χ4n) is 7.96. The van der Waals surface area contributed by atoms with Gasteiger partial charge in [0, 0.05) is 49.5 Å². The summed E-state index contributed by atoms with van der Waals surface area (Å²) in [6, 6.07) is 67.5. The molecule has 0 radical (unpaired) electrons. The van der Waals surface area contributed by atoms with Crippen molar-refractivity contribution in [1.82, 2.24) is 19.5 Å². The van der Waals surface area contributed by atoms with Gasteiger partial charge in [0.1, 0.15) is 11.2 Å². The molecule has 0 N–H and O–H groups in total. The quantitative estimate of drug-likeness (QED) is 0.172. The molecule has 0 atom stereocenters. The molecule has 11 aromatic rings. The van der Waals surface area contributed by atoms with Gasteiger partial charge in [0.05, 0.1) is 11.0 Å². The number of rotatable bonds is 6. The van der Waals surface area contributed by atoms with Gasteiger partial charge in [-0.15, -0.1) is 0 Å². The van der Waals surface area contributed by atoms with Gasteiger partial charge in [-0.3, -0.25) is 0 Å². The molecule has 3 aromatic heterocycles. The highest BCUT2D eigenvalue weighted by Gasteiger charge is 2.18. The molecule has 0 saturated heterocycles. The Hall–Kier alpha value is -7.63. The van der Waals surface area contributed by atoms with Crippen LogP contribution in [-0.2, 0) is 0 Å². The van der Waals surface area contributed by atoms with Gasteiger partial charge in [-0.2, -0.15) is 0 Å². The molecule has 11 rings (SSSR count). The predicted octanol–water partition coefficient (Wildman–Crippen LogP) is 13.2. The van der Waals surface area contributed by atoms with Gasteiger partial charge in [-0.1, -0.05) is 152 Å². The van der Waals surface area contributed by atoms with E-state index in [1.54, 1.807) is 0 Å². The van der Waals surface area contributed by atoms with Crippen molar-refractivity contribution in [2.45, 2.75) is 0 Å². The molecule has 0 spiro atoms. The third-order valence-corrected chi connectivity index (χ3v) is 10.7. The van der Waals surface area contributed by atoms with Gasteiger partial charge < -0.3 is 8.98 Å². The number of fused-ring (bicyclic) bond motifs is 6. The predicted molar refractivity (Wildman–Crippen MR) is 229 cm³/mol. The zero-order valence-corrected chi connectivity index (χ0v) is 30.2. The van der Waals surface area contributed by atoms with Gasteiger partial charge in [0.2, 0.25) is 0 Å². The van der Waals surface area contributed by atoms with E-state index in [0.717, 1.165) is 83.0 Å². The van der Waals surface area contributed by atoms with Crippen LogP contribution in [0, 0.1) is 0 Å². The van der Waals surface area contributed by atoms with Crippen molar-refractivity contribution in [3.05, 3.63) is 194 Å². The fourth-order valence-corrected chi connectivity index (χ4v) is 7.96. The number of benzene rings is 8. The number of para-hydroxylation sites is 2. The Morgan fingerprint density at radius 1 is 0.339 bits per heavy atom. The van der Waals surface area contributed by atoms with E-state index in [9.17, 15) is 0 Å². The Labute approximate surface area is 322 Å². The second-order valence-corrected chi connectivity index (χ2v) is 14.0. The van der Waals surface area contributed by atoms with E-state index in [2.05, 4.69) is 132 Å². The lowest BCUT2D eigenvalue weighted by Gasteiger charge is -2.10. The van der Waals surface area contributed by atoms with E-state index >= 15 is 0 Å². The molecule has 0 amide bonds. The molecule has 0 aliphatic carbocycles. The number of hydrogen-bond donors (Lipinski definition) is 0. The summed E-state index contributed by atoms with van der Waals surface area (Å²) in [6.07, 6.45) is 0. The summed E-state index contributed by atoms with van der Waals surface area (Å²) in [4.78, 5) is 15.0. The van der Waals surface area contributed by atoms with E-state index in [1.807, 2.05) is 66.7 Å². The van der Waals surface area contributed by atoms with Crippen LogP contribution < -0.4 is 0 Å². The Morgan fingerprint density at radius 3 is 1.55 bits per heavy atom. The smallest absolute Gasteiger partial charge is 0.164 e. The maximum atomic E-state index is 6.50. The largest absolute Gasteiger partial charge is 0.455 e. The van der Waals surface area contributed by atoms with E-state index < -0.39 is 0 Å². The minimum absolute atomic E-state index is 0.626. The highest BCUT2D eigenvalue weighted by Crippen LogP contribution is 2.40. The molecule has 0 unspecified atom stereocenters. The number of nitrogens with zero attached hydrogens (tertiary/aromatic N) is 4. The Kier molecular flexibility index (Phi) is 7.42. The highest BCUT2D eigenvalue weighted by atomic mass is 16.3. The van der Waals surface area contributed by atoms with Crippen molar-refractivity contribution in [3.8, 4) is 62.1 Å². The van der Waals surface area contributed by atoms with Gasteiger partial charge in [0.25, 0.3) is 0 Å². The van der Waals surface area contributed by atoms with Crippen molar-refractivity contribution in [3.63, 3.8) is 0 Å². The summed E-state index contributed by atoms with van der Waals surface area (Å²) in [5.74, 6) is 1.91. The zero-order valence-electron chi connectivity index (χ0n) is 30.2. The van der Waals surface area contributed by atoms with Crippen molar-refractivity contribution in [1.29, 1.82) is 0 Å². The molecular weight excluding hydrogens is 685 g/mol. The maximum absolute atomic E-state index is 6.50. The number of hydrogen-bond acceptors (Lipinski definition) is 4. The van der Waals surface area contributed by atoms with Crippen LogP contribution in [0.5, 0.6) is 0 Å². The molecule has 3 heterocycles.